The van der Waals surface area contributed by atoms with Crippen molar-refractivity contribution in [3.05, 3.63) is 40.3 Å². The van der Waals surface area contributed by atoms with E-state index >= 15 is 0 Å². The molecule has 0 atom stereocenters. The minimum absolute atomic E-state index is 0.0411. The predicted octanol–water partition coefficient (Wildman–Crippen LogP) is 3.25. The smallest absolute Gasteiger partial charge is 0.222 e. The molecule has 1 aromatic carbocycles. The second-order valence-electron chi connectivity index (χ2n) is 3.17. The Bertz CT molecular complexity index is 512. The Morgan fingerprint density at radius 3 is 2.82 bits per heavy atom. The van der Waals surface area contributed by atoms with E-state index in [4.69, 9.17) is 28.9 Å². The van der Waals surface area contributed by atoms with Crippen LogP contribution in [-0.2, 0) is 0 Å². The molecule has 0 unspecified atom stereocenters. The standard InChI is InChI=1S/C10H7Cl2FN4/c11-5-1-2-7(13)8(3-5)16-9-6(12)4-15-10(14)17-9/h1-4H,(H3,14,15,16,17). The number of rotatable bonds is 2. The number of nitrogens with zero attached hydrogens (tertiary/aromatic N) is 2. The highest BCUT2D eigenvalue weighted by Crippen LogP contribution is 2.26. The molecule has 0 saturated carbocycles. The lowest BCUT2D eigenvalue weighted by Gasteiger charge is -2.08. The van der Waals surface area contributed by atoms with Crippen LogP contribution in [0.5, 0.6) is 0 Å². The maximum absolute atomic E-state index is 13.4. The Kier molecular flexibility index (Phi) is 3.31. The van der Waals surface area contributed by atoms with Crippen LogP contribution in [-0.4, -0.2) is 9.97 Å². The van der Waals surface area contributed by atoms with Gasteiger partial charge in [0.05, 0.1) is 11.9 Å². The summed E-state index contributed by atoms with van der Waals surface area (Å²) < 4.78 is 13.4. The Morgan fingerprint density at radius 1 is 1.29 bits per heavy atom. The summed E-state index contributed by atoms with van der Waals surface area (Å²) in [6.45, 7) is 0. The highest BCUT2D eigenvalue weighted by molar-refractivity contribution is 6.33. The molecule has 0 radical (unpaired) electrons. The first-order valence-electron chi connectivity index (χ1n) is 4.56. The third-order valence-electron chi connectivity index (χ3n) is 1.94. The quantitative estimate of drug-likeness (QED) is 0.881. The third-order valence-corrected chi connectivity index (χ3v) is 2.46. The molecule has 0 fully saturated rings. The zero-order valence-corrected chi connectivity index (χ0v) is 9.93. The zero-order chi connectivity index (χ0) is 12.4. The van der Waals surface area contributed by atoms with Gasteiger partial charge in [0.15, 0.2) is 5.82 Å². The lowest BCUT2D eigenvalue weighted by atomic mass is 10.3. The molecule has 0 aliphatic heterocycles. The third kappa shape index (κ3) is 2.75. The average molecular weight is 273 g/mol. The Labute approximate surface area is 107 Å². The second kappa shape index (κ2) is 4.73. The van der Waals surface area contributed by atoms with E-state index in [9.17, 15) is 4.39 Å². The maximum atomic E-state index is 13.4. The molecule has 17 heavy (non-hydrogen) atoms. The molecule has 1 aromatic heterocycles. The molecular weight excluding hydrogens is 266 g/mol. The van der Waals surface area contributed by atoms with Crippen LogP contribution in [0, 0.1) is 5.82 Å². The minimum atomic E-state index is -0.470. The first-order chi connectivity index (χ1) is 8.06. The van der Waals surface area contributed by atoms with E-state index < -0.39 is 5.82 Å². The monoisotopic (exact) mass is 272 g/mol. The highest BCUT2D eigenvalue weighted by Gasteiger charge is 2.08. The Hall–Kier alpha value is -1.59. The average Bonchev–Trinajstić information content (AvgIpc) is 2.28. The summed E-state index contributed by atoms with van der Waals surface area (Å²) in [6.07, 6.45) is 1.33. The molecule has 88 valence electrons. The van der Waals surface area contributed by atoms with E-state index in [2.05, 4.69) is 15.3 Å². The molecule has 1 heterocycles. The van der Waals surface area contributed by atoms with Crippen molar-refractivity contribution in [1.82, 2.24) is 9.97 Å². The number of halogens is 3. The van der Waals surface area contributed by atoms with E-state index in [0.29, 0.717) is 5.02 Å². The highest BCUT2D eigenvalue weighted by atomic mass is 35.5. The first-order valence-corrected chi connectivity index (χ1v) is 5.32. The van der Waals surface area contributed by atoms with Crippen LogP contribution < -0.4 is 11.1 Å². The van der Waals surface area contributed by atoms with E-state index in [1.165, 1.54) is 24.4 Å². The molecule has 0 amide bonds. The van der Waals surface area contributed by atoms with Gasteiger partial charge in [-0.1, -0.05) is 23.2 Å². The van der Waals surface area contributed by atoms with Crippen molar-refractivity contribution < 1.29 is 4.39 Å². The molecule has 0 aliphatic carbocycles. The number of nitrogens with one attached hydrogen (secondary N) is 1. The van der Waals surface area contributed by atoms with Crippen LogP contribution in [0.4, 0.5) is 21.8 Å². The summed E-state index contributed by atoms with van der Waals surface area (Å²) in [4.78, 5) is 7.55. The van der Waals surface area contributed by atoms with Gasteiger partial charge in [0.1, 0.15) is 10.8 Å². The van der Waals surface area contributed by atoms with E-state index in [0.717, 1.165) is 0 Å². The Balaban J connectivity index is 2.37. The number of hydrogen-bond donors (Lipinski definition) is 2. The fraction of sp³-hybridized carbons (Fsp3) is 0. The van der Waals surface area contributed by atoms with Crippen LogP contribution in [0.2, 0.25) is 10.0 Å². The second-order valence-corrected chi connectivity index (χ2v) is 4.02. The molecule has 7 heteroatoms. The maximum Gasteiger partial charge on any atom is 0.222 e. The van der Waals surface area contributed by atoms with Crippen LogP contribution in [0.25, 0.3) is 0 Å². The Morgan fingerprint density at radius 2 is 2.06 bits per heavy atom. The summed E-state index contributed by atoms with van der Waals surface area (Å²) in [5.41, 5.74) is 5.57. The molecule has 0 saturated heterocycles. The molecule has 4 nitrogen and oxygen atoms in total. The fourth-order valence-electron chi connectivity index (χ4n) is 1.19. The van der Waals surface area contributed by atoms with Crippen molar-refractivity contribution in [2.75, 3.05) is 11.1 Å². The SMILES string of the molecule is Nc1ncc(Cl)c(Nc2cc(Cl)ccc2F)n1. The van der Waals surface area contributed by atoms with E-state index in [1.807, 2.05) is 0 Å². The van der Waals surface area contributed by atoms with Gasteiger partial charge in [-0.2, -0.15) is 4.98 Å². The summed E-state index contributed by atoms with van der Waals surface area (Å²) in [5, 5.41) is 3.33. The van der Waals surface area contributed by atoms with Crippen LogP contribution >= 0.6 is 23.2 Å². The lowest BCUT2D eigenvalue weighted by Crippen LogP contribution is -2.01. The number of aromatic nitrogens is 2. The summed E-state index contributed by atoms with van der Waals surface area (Å²) in [6, 6.07) is 4.10. The largest absolute Gasteiger partial charge is 0.368 e. The van der Waals surface area contributed by atoms with E-state index in [1.54, 1.807) is 0 Å². The summed E-state index contributed by atoms with van der Waals surface area (Å²) >= 11 is 11.6. The predicted molar refractivity (Wildman–Crippen MR) is 66.1 cm³/mol. The number of nitrogen functional groups attached to an aromatic ring is 1. The fourth-order valence-corrected chi connectivity index (χ4v) is 1.50. The molecular formula is C10H7Cl2FN4. The number of nitrogens with two attached hydrogens (primary N) is 1. The van der Waals surface area contributed by atoms with Crippen molar-refractivity contribution in [2.24, 2.45) is 0 Å². The van der Waals surface area contributed by atoms with Crippen LogP contribution in [0.15, 0.2) is 24.4 Å². The first kappa shape index (κ1) is 11.9. The van der Waals surface area contributed by atoms with Crippen molar-refractivity contribution in [1.29, 1.82) is 0 Å². The lowest BCUT2D eigenvalue weighted by molar-refractivity contribution is 0.632. The molecule has 2 rings (SSSR count). The van der Waals surface area contributed by atoms with Gasteiger partial charge in [-0.05, 0) is 18.2 Å². The molecule has 0 bridgehead atoms. The van der Waals surface area contributed by atoms with Gasteiger partial charge in [-0.3, -0.25) is 0 Å². The van der Waals surface area contributed by atoms with E-state index in [-0.39, 0.29) is 22.5 Å². The van der Waals surface area contributed by atoms with Crippen molar-refractivity contribution >= 4 is 40.7 Å². The van der Waals surface area contributed by atoms with Crippen molar-refractivity contribution in [2.45, 2.75) is 0 Å². The van der Waals surface area contributed by atoms with Gasteiger partial charge in [-0.15, -0.1) is 0 Å². The minimum Gasteiger partial charge on any atom is -0.368 e. The number of anilines is 3. The summed E-state index contributed by atoms with van der Waals surface area (Å²) in [5.74, 6) is -0.206. The van der Waals surface area contributed by atoms with Gasteiger partial charge < -0.3 is 11.1 Å². The van der Waals surface area contributed by atoms with Crippen LogP contribution in [0.3, 0.4) is 0 Å². The van der Waals surface area contributed by atoms with Crippen molar-refractivity contribution in [3.8, 4) is 0 Å². The zero-order valence-electron chi connectivity index (χ0n) is 8.42. The van der Waals surface area contributed by atoms with Crippen LogP contribution in [0.1, 0.15) is 0 Å². The molecule has 2 aromatic rings. The van der Waals surface area contributed by atoms with Gasteiger partial charge in [-0.25, -0.2) is 9.37 Å². The number of benzene rings is 1. The normalized spacial score (nSPS) is 10.3. The molecule has 0 spiro atoms. The molecule has 3 N–H and O–H groups in total. The number of hydrogen-bond acceptors (Lipinski definition) is 4. The van der Waals surface area contributed by atoms with Gasteiger partial charge in [0, 0.05) is 5.02 Å². The van der Waals surface area contributed by atoms with Crippen molar-refractivity contribution in [3.63, 3.8) is 0 Å². The van der Waals surface area contributed by atoms with Gasteiger partial charge in [0.2, 0.25) is 5.95 Å². The summed E-state index contributed by atoms with van der Waals surface area (Å²) in [7, 11) is 0. The van der Waals surface area contributed by atoms with Gasteiger partial charge in [0.25, 0.3) is 0 Å². The van der Waals surface area contributed by atoms with Gasteiger partial charge >= 0.3 is 0 Å². The molecule has 0 aliphatic rings. The topological polar surface area (TPSA) is 63.8 Å².